The highest BCUT2D eigenvalue weighted by Crippen LogP contribution is 2.12. The van der Waals surface area contributed by atoms with Gasteiger partial charge in [-0.05, 0) is 31.2 Å². The van der Waals surface area contributed by atoms with Gasteiger partial charge in [-0.3, -0.25) is 9.78 Å². The molecule has 0 atom stereocenters. The second-order valence-corrected chi connectivity index (χ2v) is 3.95. The zero-order valence-corrected chi connectivity index (χ0v) is 11.6. The number of carboxylic acids is 1. The summed E-state index contributed by atoms with van der Waals surface area (Å²) in [6.45, 7) is 4.60. The topological polar surface area (TPSA) is 65.0 Å². The fraction of sp³-hybridized carbons (Fsp3) is 0.0625. The number of hydrogen-bond donors (Lipinski definition) is 1. The van der Waals surface area contributed by atoms with E-state index in [2.05, 4.69) is 11.6 Å². The van der Waals surface area contributed by atoms with E-state index in [9.17, 15) is 4.79 Å². The van der Waals surface area contributed by atoms with Gasteiger partial charge in [0.2, 0.25) is 0 Å². The van der Waals surface area contributed by atoms with Crippen LogP contribution in [-0.2, 0) is 9.83 Å². The van der Waals surface area contributed by atoms with Gasteiger partial charge < -0.3 is 5.11 Å². The molecule has 0 saturated carbocycles. The van der Waals surface area contributed by atoms with Crippen LogP contribution < -0.4 is 9.78 Å². The van der Waals surface area contributed by atoms with E-state index in [4.69, 9.17) is 14.9 Å². The third-order valence-corrected chi connectivity index (χ3v) is 2.11. The van der Waals surface area contributed by atoms with E-state index < -0.39 is 5.97 Å². The predicted octanol–water partition coefficient (Wildman–Crippen LogP) is 3.64. The molecule has 0 fully saturated rings. The molecule has 2 aromatic carbocycles. The highest BCUT2D eigenvalue weighted by atomic mass is 17.5. The lowest BCUT2D eigenvalue weighted by Gasteiger charge is -2.03. The Morgan fingerprint density at radius 2 is 1.24 bits per heavy atom. The molecule has 0 unspecified atom stereocenters. The first-order chi connectivity index (χ1) is 10.1. The normalized spacial score (nSPS) is 9.00. The lowest BCUT2D eigenvalue weighted by molar-refractivity contribution is -0.411. The Hall–Kier alpha value is -2.79. The number of rotatable bonds is 5. The van der Waals surface area contributed by atoms with Crippen molar-refractivity contribution < 1.29 is 24.7 Å². The monoisotopic (exact) mass is 288 g/mol. The molecule has 0 radical (unpaired) electrons. The van der Waals surface area contributed by atoms with Crippen molar-refractivity contribution in [3.05, 3.63) is 72.8 Å². The molecule has 5 nitrogen and oxygen atoms in total. The maximum atomic E-state index is 9.60. The zero-order chi connectivity index (χ0) is 15.5. The van der Waals surface area contributed by atoms with E-state index >= 15 is 0 Å². The summed E-state index contributed by atoms with van der Waals surface area (Å²) in [6, 6.07) is 18.3. The Bertz CT molecular complexity index is 500. The first-order valence-electron chi connectivity index (χ1n) is 6.09. The van der Waals surface area contributed by atoms with E-state index in [1.165, 1.54) is 6.92 Å². The van der Waals surface area contributed by atoms with Crippen LogP contribution in [0.3, 0.4) is 0 Å². The maximum absolute atomic E-state index is 9.60. The number of benzene rings is 2. The minimum atomic E-state index is -0.935. The molecule has 0 aliphatic heterocycles. The van der Waals surface area contributed by atoms with Gasteiger partial charge in [0.25, 0.3) is 0 Å². The van der Waals surface area contributed by atoms with Crippen LogP contribution in [-0.4, -0.2) is 11.1 Å². The molecule has 21 heavy (non-hydrogen) atoms. The van der Waals surface area contributed by atoms with Crippen molar-refractivity contribution in [2.75, 3.05) is 0 Å². The smallest absolute Gasteiger partial charge is 0.330 e. The van der Waals surface area contributed by atoms with Gasteiger partial charge in [-0.25, -0.2) is 4.79 Å². The molecule has 0 bridgehead atoms. The van der Waals surface area contributed by atoms with Crippen LogP contribution in [0.4, 0.5) is 0 Å². The van der Waals surface area contributed by atoms with E-state index in [-0.39, 0.29) is 5.57 Å². The van der Waals surface area contributed by atoms with E-state index in [0.717, 1.165) is 0 Å². The summed E-state index contributed by atoms with van der Waals surface area (Å²) in [6.07, 6.45) is 0. The molecule has 1 N–H and O–H groups in total. The standard InChI is InChI=1S/C12H10O3.C4H6O2/c1-3-7-11(8-4-1)13-15-14-12-9-5-2-6-10-12;1-3(2)4(5)6/h1-10H;1H2,2H3,(H,5,6). The quantitative estimate of drug-likeness (QED) is 0.517. The molecule has 2 rings (SSSR count). The van der Waals surface area contributed by atoms with Crippen LogP contribution in [0.25, 0.3) is 0 Å². The number of carbonyl (C=O) groups is 1. The highest BCUT2D eigenvalue weighted by molar-refractivity contribution is 5.84. The molecular formula is C16H16O5. The predicted molar refractivity (Wildman–Crippen MR) is 77.7 cm³/mol. The summed E-state index contributed by atoms with van der Waals surface area (Å²) >= 11 is 0. The van der Waals surface area contributed by atoms with Crippen LogP contribution in [0.1, 0.15) is 6.92 Å². The summed E-state index contributed by atoms with van der Waals surface area (Å²) in [5, 5.41) is 12.5. The number of aliphatic carboxylic acids is 1. The van der Waals surface area contributed by atoms with Crippen LogP contribution >= 0.6 is 0 Å². The van der Waals surface area contributed by atoms with Crippen LogP contribution in [0, 0.1) is 0 Å². The Labute approximate surface area is 122 Å². The van der Waals surface area contributed by atoms with E-state index in [0.29, 0.717) is 11.5 Å². The van der Waals surface area contributed by atoms with Crippen molar-refractivity contribution in [3.63, 3.8) is 0 Å². The lowest BCUT2D eigenvalue weighted by atomic mass is 10.3. The second-order valence-electron chi connectivity index (χ2n) is 3.95. The van der Waals surface area contributed by atoms with Crippen molar-refractivity contribution in [2.24, 2.45) is 0 Å². The molecule has 0 heterocycles. The molecule has 0 aliphatic carbocycles. The van der Waals surface area contributed by atoms with Crippen molar-refractivity contribution >= 4 is 5.97 Å². The average molecular weight is 288 g/mol. The summed E-state index contributed by atoms with van der Waals surface area (Å²) in [7, 11) is 0. The zero-order valence-electron chi connectivity index (χ0n) is 11.6. The lowest BCUT2D eigenvalue weighted by Crippen LogP contribution is -2.01. The third kappa shape index (κ3) is 7.39. The molecule has 2 aromatic rings. The Balaban J connectivity index is 0.000000315. The molecule has 0 spiro atoms. The van der Waals surface area contributed by atoms with Crippen LogP contribution in [0.2, 0.25) is 0 Å². The minimum absolute atomic E-state index is 0.176. The molecule has 0 amide bonds. The van der Waals surface area contributed by atoms with Gasteiger partial charge in [0.1, 0.15) is 0 Å². The number of hydrogen-bond acceptors (Lipinski definition) is 4. The fourth-order valence-corrected chi connectivity index (χ4v) is 1.05. The molecular weight excluding hydrogens is 272 g/mol. The maximum Gasteiger partial charge on any atom is 0.330 e. The summed E-state index contributed by atoms with van der Waals surface area (Å²) in [5.74, 6) is 0.247. The fourth-order valence-electron chi connectivity index (χ4n) is 1.05. The number of carboxylic acid groups (broad SMARTS) is 1. The first-order valence-corrected chi connectivity index (χ1v) is 6.09. The van der Waals surface area contributed by atoms with Gasteiger partial charge in [0, 0.05) is 10.6 Å². The average Bonchev–Trinajstić information content (AvgIpc) is 2.50. The van der Waals surface area contributed by atoms with Crippen LogP contribution in [0.15, 0.2) is 72.8 Å². The molecule has 5 heteroatoms. The van der Waals surface area contributed by atoms with Gasteiger partial charge in [-0.15, -0.1) is 0 Å². The van der Waals surface area contributed by atoms with Crippen molar-refractivity contribution in [2.45, 2.75) is 6.92 Å². The number of para-hydroxylation sites is 2. The Morgan fingerprint density at radius 3 is 1.52 bits per heavy atom. The molecule has 110 valence electrons. The van der Waals surface area contributed by atoms with Crippen molar-refractivity contribution in [3.8, 4) is 11.5 Å². The first kappa shape index (κ1) is 16.3. The third-order valence-electron chi connectivity index (χ3n) is 2.11. The SMILES string of the molecule is C=C(C)C(=O)O.c1ccc(OOOc2ccccc2)cc1. The van der Waals surface area contributed by atoms with Gasteiger partial charge in [-0.2, -0.15) is 0 Å². The molecule has 0 aromatic heterocycles. The highest BCUT2D eigenvalue weighted by Gasteiger charge is 1.95. The summed E-state index contributed by atoms with van der Waals surface area (Å²) < 4.78 is 0. The van der Waals surface area contributed by atoms with E-state index in [1.54, 1.807) is 24.3 Å². The van der Waals surface area contributed by atoms with Gasteiger partial charge in [0.15, 0.2) is 11.5 Å². The Kier molecular flexibility index (Phi) is 7.10. The van der Waals surface area contributed by atoms with Gasteiger partial charge in [0.05, 0.1) is 0 Å². The Morgan fingerprint density at radius 1 is 0.905 bits per heavy atom. The van der Waals surface area contributed by atoms with Crippen molar-refractivity contribution in [1.29, 1.82) is 0 Å². The largest absolute Gasteiger partial charge is 0.478 e. The summed E-state index contributed by atoms with van der Waals surface area (Å²) in [5.41, 5.74) is 0.176. The van der Waals surface area contributed by atoms with E-state index in [1.807, 2.05) is 36.4 Å². The van der Waals surface area contributed by atoms with Gasteiger partial charge >= 0.3 is 5.97 Å². The minimum Gasteiger partial charge on any atom is -0.478 e. The van der Waals surface area contributed by atoms with Crippen LogP contribution in [0.5, 0.6) is 11.5 Å². The van der Waals surface area contributed by atoms with Crippen molar-refractivity contribution in [1.82, 2.24) is 0 Å². The molecule has 0 aliphatic rings. The second kappa shape index (κ2) is 9.17. The van der Waals surface area contributed by atoms with Gasteiger partial charge in [-0.1, -0.05) is 43.0 Å². The molecule has 0 saturated heterocycles. The summed E-state index contributed by atoms with van der Waals surface area (Å²) in [4.78, 5) is 19.4.